The van der Waals surface area contributed by atoms with Gasteiger partial charge in [-0.05, 0) is 66.5 Å². The highest BCUT2D eigenvalue weighted by molar-refractivity contribution is 7.97. The molecule has 3 rings (SSSR count). The summed E-state index contributed by atoms with van der Waals surface area (Å²) in [5, 5.41) is 12.7. The van der Waals surface area contributed by atoms with E-state index >= 15 is 0 Å². The number of halogens is 3. The number of rotatable bonds is 7. The number of carbonyl (C=O) groups excluding carboxylic acids is 1. The van der Waals surface area contributed by atoms with Crippen molar-refractivity contribution in [3.05, 3.63) is 89.2 Å². The lowest BCUT2D eigenvalue weighted by atomic mass is 10.2. The van der Waals surface area contributed by atoms with Gasteiger partial charge in [0.1, 0.15) is 11.7 Å². The van der Waals surface area contributed by atoms with Gasteiger partial charge >= 0.3 is 6.03 Å². The van der Waals surface area contributed by atoms with Crippen molar-refractivity contribution in [2.45, 2.75) is 11.4 Å². The minimum atomic E-state index is -1.23. The molecular formula is C21H18F3N5OS. The molecule has 0 spiro atoms. The third-order valence-electron chi connectivity index (χ3n) is 4.12. The first-order chi connectivity index (χ1) is 14.8. The van der Waals surface area contributed by atoms with E-state index in [4.69, 9.17) is 11.1 Å². The molecule has 3 aromatic carbocycles. The Hall–Kier alpha value is -3.50. The second kappa shape index (κ2) is 10.0. The van der Waals surface area contributed by atoms with Gasteiger partial charge in [0.15, 0.2) is 11.6 Å². The second-order valence-electron chi connectivity index (χ2n) is 6.34. The molecule has 3 aromatic rings. The number of hydrogen-bond donors (Lipinski definition) is 5. The third-order valence-corrected chi connectivity index (χ3v) is 4.90. The molecule has 10 heteroatoms. The van der Waals surface area contributed by atoms with E-state index in [0.717, 1.165) is 24.1 Å². The minimum absolute atomic E-state index is 0.0678. The molecule has 0 unspecified atom stereocenters. The van der Waals surface area contributed by atoms with E-state index in [1.807, 2.05) is 0 Å². The smallest absolute Gasteiger partial charge is 0.323 e. The molecule has 0 saturated carbocycles. The first-order valence-electron chi connectivity index (χ1n) is 8.98. The quantitative estimate of drug-likeness (QED) is 0.156. The number of urea groups is 1. The molecule has 0 atom stereocenters. The van der Waals surface area contributed by atoms with Crippen LogP contribution in [0.1, 0.15) is 11.1 Å². The van der Waals surface area contributed by atoms with Crippen molar-refractivity contribution in [1.29, 1.82) is 5.41 Å². The van der Waals surface area contributed by atoms with Crippen LogP contribution in [0.4, 0.5) is 29.3 Å². The fourth-order valence-electron chi connectivity index (χ4n) is 2.59. The number of nitrogen functional groups attached to an aromatic ring is 1. The van der Waals surface area contributed by atoms with Crippen molar-refractivity contribution < 1.29 is 18.0 Å². The maximum absolute atomic E-state index is 13.7. The molecule has 0 radical (unpaired) electrons. The molecule has 0 aliphatic heterocycles. The number of amides is 2. The Kier molecular flexibility index (Phi) is 7.16. The van der Waals surface area contributed by atoms with E-state index in [1.165, 1.54) is 0 Å². The van der Waals surface area contributed by atoms with E-state index in [9.17, 15) is 18.0 Å². The Morgan fingerprint density at radius 2 is 1.61 bits per heavy atom. The summed E-state index contributed by atoms with van der Waals surface area (Å²) >= 11 is 1.08. The third kappa shape index (κ3) is 6.00. The zero-order valence-corrected chi connectivity index (χ0v) is 16.8. The van der Waals surface area contributed by atoms with Crippen LogP contribution in [-0.2, 0) is 6.54 Å². The highest BCUT2D eigenvalue weighted by Gasteiger charge is 2.13. The number of nitrogens with one attached hydrogen (secondary N) is 4. The monoisotopic (exact) mass is 445 g/mol. The first-order valence-corrected chi connectivity index (χ1v) is 9.80. The van der Waals surface area contributed by atoms with Gasteiger partial charge in [0, 0.05) is 33.9 Å². The van der Waals surface area contributed by atoms with Gasteiger partial charge in [-0.15, -0.1) is 0 Å². The topological polar surface area (TPSA) is 103 Å². The van der Waals surface area contributed by atoms with Crippen LogP contribution in [0.25, 0.3) is 0 Å². The van der Waals surface area contributed by atoms with E-state index in [2.05, 4.69) is 15.4 Å². The number of benzene rings is 3. The lowest BCUT2D eigenvalue weighted by Gasteiger charge is -2.10. The average molecular weight is 445 g/mol. The van der Waals surface area contributed by atoms with Crippen LogP contribution in [0.3, 0.4) is 0 Å². The van der Waals surface area contributed by atoms with E-state index in [0.29, 0.717) is 21.8 Å². The number of hydrogen-bond acceptors (Lipinski definition) is 4. The van der Waals surface area contributed by atoms with Gasteiger partial charge in [-0.25, -0.2) is 18.0 Å². The molecule has 0 saturated heterocycles. The molecule has 0 heterocycles. The van der Waals surface area contributed by atoms with Crippen LogP contribution in [0.5, 0.6) is 0 Å². The molecule has 0 aliphatic carbocycles. The molecular weight excluding hydrogens is 427 g/mol. The number of carbonyl (C=O) groups is 1. The van der Waals surface area contributed by atoms with Gasteiger partial charge in [-0.3, -0.25) is 10.1 Å². The Morgan fingerprint density at radius 3 is 2.32 bits per heavy atom. The standard InChI is InChI=1S/C21H18F3N5OS/c22-17-8-9-18(23)19(24)16(17)11-27-31-15-3-1-2-14(10-15)29-21(30)28-13-6-4-12(5-7-13)20(25)26/h1-10,27H,11H2,(H3,25,26)(H2,28,29,30). The highest BCUT2D eigenvalue weighted by Crippen LogP contribution is 2.22. The summed E-state index contributed by atoms with van der Waals surface area (Å²) in [5.74, 6) is -3.25. The van der Waals surface area contributed by atoms with Crippen LogP contribution in [0, 0.1) is 22.9 Å². The summed E-state index contributed by atoms with van der Waals surface area (Å²) in [6, 6.07) is 14.4. The highest BCUT2D eigenvalue weighted by atomic mass is 32.2. The molecule has 6 nitrogen and oxygen atoms in total. The van der Waals surface area contributed by atoms with Crippen molar-refractivity contribution >= 4 is 35.2 Å². The fraction of sp³-hybridized carbons (Fsp3) is 0.0476. The van der Waals surface area contributed by atoms with Gasteiger partial charge in [-0.1, -0.05) is 6.07 Å². The summed E-state index contributed by atoms with van der Waals surface area (Å²) < 4.78 is 43.4. The summed E-state index contributed by atoms with van der Waals surface area (Å²) in [6.45, 7) is -0.228. The van der Waals surface area contributed by atoms with Crippen LogP contribution < -0.4 is 21.1 Å². The molecule has 6 N–H and O–H groups in total. The number of anilines is 2. The van der Waals surface area contributed by atoms with Crippen molar-refractivity contribution in [3.63, 3.8) is 0 Å². The summed E-state index contributed by atoms with van der Waals surface area (Å²) in [7, 11) is 0. The van der Waals surface area contributed by atoms with Crippen LogP contribution in [-0.4, -0.2) is 11.9 Å². The average Bonchev–Trinajstić information content (AvgIpc) is 2.74. The molecule has 0 fully saturated rings. The predicted octanol–water partition coefficient (Wildman–Crippen LogP) is 4.83. The zero-order valence-electron chi connectivity index (χ0n) is 16.0. The van der Waals surface area contributed by atoms with Gasteiger partial charge < -0.3 is 16.4 Å². The summed E-state index contributed by atoms with van der Waals surface area (Å²) in [5.41, 5.74) is 6.56. The Balaban J connectivity index is 1.56. The molecule has 31 heavy (non-hydrogen) atoms. The lowest BCUT2D eigenvalue weighted by molar-refractivity contribution is 0.262. The summed E-state index contributed by atoms with van der Waals surface area (Å²) in [4.78, 5) is 12.9. The number of amidine groups is 1. The molecule has 0 bridgehead atoms. The van der Waals surface area contributed by atoms with Crippen molar-refractivity contribution in [3.8, 4) is 0 Å². The second-order valence-corrected chi connectivity index (χ2v) is 7.31. The molecule has 0 aliphatic rings. The van der Waals surface area contributed by atoms with Crippen LogP contribution in [0.2, 0.25) is 0 Å². The van der Waals surface area contributed by atoms with E-state index < -0.39 is 29.0 Å². The largest absolute Gasteiger partial charge is 0.384 e. The maximum atomic E-state index is 13.7. The van der Waals surface area contributed by atoms with E-state index in [-0.39, 0.29) is 12.4 Å². The van der Waals surface area contributed by atoms with Crippen molar-refractivity contribution in [2.75, 3.05) is 10.6 Å². The molecule has 160 valence electrons. The minimum Gasteiger partial charge on any atom is -0.384 e. The van der Waals surface area contributed by atoms with Crippen LogP contribution in [0.15, 0.2) is 65.6 Å². The molecule has 0 aromatic heterocycles. The van der Waals surface area contributed by atoms with Gasteiger partial charge in [0.25, 0.3) is 0 Å². The Bertz CT molecular complexity index is 1110. The maximum Gasteiger partial charge on any atom is 0.323 e. The van der Waals surface area contributed by atoms with Crippen molar-refractivity contribution in [2.24, 2.45) is 5.73 Å². The van der Waals surface area contributed by atoms with Crippen LogP contribution >= 0.6 is 11.9 Å². The number of nitrogens with two attached hydrogens (primary N) is 1. The Morgan fingerprint density at radius 1 is 0.935 bits per heavy atom. The van der Waals surface area contributed by atoms with Crippen molar-refractivity contribution in [1.82, 2.24) is 4.72 Å². The van der Waals surface area contributed by atoms with Gasteiger partial charge in [0.2, 0.25) is 0 Å². The zero-order chi connectivity index (χ0) is 22.4. The van der Waals surface area contributed by atoms with E-state index in [1.54, 1.807) is 48.5 Å². The van der Waals surface area contributed by atoms with Gasteiger partial charge in [-0.2, -0.15) is 0 Å². The molecule has 2 amide bonds. The first kappa shape index (κ1) is 22.2. The lowest BCUT2D eigenvalue weighted by Crippen LogP contribution is -2.19. The summed E-state index contributed by atoms with van der Waals surface area (Å²) in [6.07, 6.45) is 0. The van der Waals surface area contributed by atoms with Gasteiger partial charge in [0.05, 0.1) is 0 Å². The SMILES string of the molecule is N=C(N)c1ccc(NC(=O)Nc2cccc(SNCc3c(F)ccc(F)c3F)c2)cc1. The fourth-order valence-corrected chi connectivity index (χ4v) is 3.30. The normalized spacial score (nSPS) is 10.5. The predicted molar refractivity (Wildman–Crippen MR) is 116 cm³/mol. The Labute approximate surface area is 180 Å².